The number of hydrogen-bond acceptors (Lipinski definition) is 1. The molecule has 0 fully saturated rings. The first-order valence-corrected chi connectivity index (χ1v) is 6.97. The molecule has 1 nitrogen and oxygen atoms in total. The summed E-state index contributed by atoms with van der Waals surface area (Å²) in [6.45, 7) is 4.34. The second kappa shape index (κ2) is 6.76. The van der Waals surface area contributed by atoms with Crippen molar-refractivity contribution in [1.82, 2.24) is 5.32 Å². The van der Waals surface area contributed by atoms with Crippen LogP contribution in [0.4, 0.5) is 13.2 Å². The molecule has 1 atom stereocenters. The van der Waals surface area contributed by atoms with E-state index in [-0.39, 0.29) is 5.82 Å². The first-order chi connectivity index (χ1) is 10.0. The highest BCUT2D eigenvalue weighted by Gasteiger charge is 2.18. The van der Waals surface area contributed by atoms with Gasteiger partial charge >= 0.3 is 0 Å². The number of hydrogen-bond donors (Lipinski definition) is 1. The molecule has 0 aliphatic heterocycles. The fraction of sp³-hybridized carbons (Fsp3) is 0.294. The Labute approximate surface area is 122 Å². The number of rotatable bonds is 5. The van der Waals surface area contributed by atoms with Gasteiger partial charge in [-0.25, -0.2) is 13.2 Å². The van der Waals surface area contributed by atoms with Gasteiger partial charge in [-0.3, -0.25) is 0 Å². The smallest absolute Gasteiger partial charge is 0.131 e. The topological polar surface area (TPSA) is 12.0 Å². The van der Waals surface area contributed by atoms with Crippen LogP contribution in [0.15, 0.2) is 36.4 Å². The monoisotopic (exact) mass is 293 g/mol. The molecule has 2 rings (SSSR count). The van der Waals surface area contributed by atoms with Crippen molar-refractivity contribution >= 4 is 0 Å². The molecule has 0 bridgehead atoms. The number of nitrogens with one attached hydrogen (secondary N) is 1. The molecule has 0 saturated carbocycles. The first kappa shape index (κ1) is 15.6. The third kappa shape index (κ3) is 3.64. The summed E-state index contributed by atoms with van der Waals surface area (Å²) < 4.78 is 40.5. The maximum Gasteiger partial charge on any atom is 0.131 e. The van der Waals surface area contributed by atoms with E-state index < -0.39 is 17.7 Å². The summed E-state index contributed by atoms with van der Waals surface area (Å²) in [5.41, 5.74) is 1.61. The SMILES string of the molecule is CCCNC(c1ccc(F)c(C)c1)c1ccc(F)cc1F. The maximum absolute atomic E-state index is 14.0. The molecule has 2 aromatic carbocycles. The second-order valence-electron chi connectivity index (χ2n) is 5.06. The predicted molar refractivity (Wildman–Crippen MR) is 77.6 cm³/mol. The highest BCUT2D eigenvalue weighted by atomic mass is 19.1. The predicted octanol–water partition coefficient (Wildman–Crippen LogP) is 4.50. The minimum Gasteiger partial charge on any atom is -0.306 e. The van der Waals surface area contributed by atoms with Crippen LogP contribution in [0.3, 0.4) is 0 Å². The van der Waals surface area contributed by atoms with Crippen molar-refractivity contribution in [3.8, 4) is 0 Å². The van der Waals surface area contributed by atoms with Crippen molar-refractivity contribution in [3.05, 3.63) is 70.5 Å². The molecule has 1 unspecified atom stereocenters. The van der Waals surface area contributed by atoms with E-state index in [0.29, 0.717) is 17.7 Å². The van der Waals surface area contributed by atoms with Crippen LogP contribution in [0.2, 0.25) is 0 Å². The lowest BCUT2D eigenvalue weighted by Gasteiger charge is -2.21. The summed E-state index contributed by atoms with van der Waals surface area (Å²) in [6.07, 6.45) is 0.874. The molecule has 0 heterocycles. The van der Waals surface area contributed by atoms with Gasteiger partial charge in [0.25, 0.3) is 0 Å². The van der Waals surface area contributed by atoms with E-state index in [2.05, 4.69) is 5.32 Å². The van der Waals surface area contributed by atoms with E-state index in [0.717, 1.165) is 18.1 Å². The fourth-order valence-electron chi connectivity index (χ4n) is 2.28. The zero-order valence-electron chi connectivity index (χ0n) is 12.1. The molecule has 21 heavy (non-hydrogen) atoms. The summed E-state index contributed by atoms with van der Waals surface area (Å²) in [4.78, 5) is 0. The van der Waals surface area contributed by atoms with E-state index in [1.807, 2.05) is 6.92 Å². The molecule has 0 aromatic heterocycles. The van der Waals surface area contributed by atoms with Crippen LogP contribution < -0.4 is 5.32 Å². The first-order valence-electron chi connectivity index (χ1n) is 6.97. The Morgan fingerprint density at radius 1 is 1.00 bits per heavy atom. The third-order valence-electron chi connectivity index (χ3n) is 3.39. The van der Waals surface area contributed by atoms with Gasteiger partial charge in [0.05, 0.1) is 6.04 Å². The van der Waals surface area contributed by atoms with Crippen LogP contribution in [-0.2, 0) is 0 Å². The molecule has 0 aliphatic rings. The van der Waals surface area contributed by atoms with Gasteiger partial charge in [0.1, 0.15) is 17.5 Å². The Morgan fingerprint density at radius 3 is 2.38 bits per heavy atom. The highest BCUT2D eigenvalue weighted by molar-refractivity contribution is 5.35. The van der Waals surface area contributed by atoms with E-state index in [1.165, 1.54) is 18.2 Å². The zero-order chi connectivity index (χ0) is 15.4. The standard InChI is InChI=1S/C17H18F3N/c1-3-8-21-17(12-4-7-15(19)11(2)9-12)14-6-5-13(18)10-16(14)20/h4-7,9-10,17,21H,3,8H2,1-2H3. The van der Waals surface area contributed by atoms with Gasteiger partial charge in [0.2, 0.25) is 0 Å². The summed E-state index contributed by atoms with van der Waals surface area (Å²) in [7, 11) is 0. The molecular formula is C17H18F3N. The van der Waals surface area contributed by atoms with Crippen LogP contribution >= 0.6 is 0 Å². The Hall–Kier alpha value is -1.81. The van der Waals surface area contributed by atoms with E-state index in [1.54, 1.807) is 19.1 Å². The van der Waals surface area contributed by atoms with Gasteiger partial charge < -0.3 is 5.32 Å². The van der Waals surface area contributed by atoms with Crippen molar-refractivity contribution in [2.24, 2.45) is 0 Å². The molecule has 112 valence electrons. The van der Waals surface area contributed by atoms with E-state index in [9.17, 15) is 13.2 Å². The van der Waals surface area contributed by atoms with Gasteiger partial charge in [-0.2, -0.15) is 0 Å². The summed E-state index contributed by atoms with van der Waals surface area (Å²) in [5.74, 6) is -1.51. The molecule has 0 saturated heterocycles. The molecule has 1 N–H and O–H groups in total. The van der Waals surface area contributed by atoms with E-state index >= 15 is 0 Å². The van der Waals surface area contributed by atoms with Crippen molar-refractivity contribution in [2.45, 2.75) is 26.3 Å². The van der Waals surface area contributed by atoms with Gasteiger partial charge in [-0.05, 0) is 43.1 Å². The van der Waals surface area contributed by atoms with Crippen molar-refractivity contribution in [3.63, 3.8) is 0 Å². The minimum atomic E-state index is -0.610. The number of halogens is 3. The van der Waals surface area contributed by atoms with Crippen LogP contribution in [-0.4, -0.2) is 6.54 Å². The average molecular weight is 293 g/mol. The van der Waals surface area contributed by atoms with Crippen LogP contribution in [0.5, 0.6) is 0 Å². The van der Waals surface area contributed by atoms with Gasteiger partial charge in [-0.1, -0.05) is 25.1 Å². The maximum atomic E-state index is 14.0. The average Bonchev–Trinajstić information content (AvgIpc) is 2.44. The van der Waals surface area contributed by atoms with Crippen molar-refractivity contribution < 1.29 is 13.2 Å². The van der Waals surface area contributed by atoms with Crippen LogP contribution in [0.1, 0.15) is 36.1 Å². The molecule has 4 heteroatoms. The van der Waals surface area contributed by atoms with Crippen LogP contribution in [0.25, 0.3) is 0 Å². The second-order valence-corrected chi connectivity index (χ2v) is 5.06. The van der Waals surface area contributed by atoms with Gasteiger partial charge in [0.15, 0.2) is 0 Å². The number of benzene rings is 2. The summed E-state index contributed by atoms with van der Waals surface area (Å²) >= 11 is 0. The molecule has 0 radical (unpaired) electrons. The number of aryl methyl sites for hydroxylation is 1. The van der Waals surface area contributed by atoms with Gasteiger partial charge in [-0.15, -0.1) is 0 Å². The Bertz CT molecular complexity index is 625. The summed E-state index contributed by atoms with van der Waals surface area (Å²) in [5, 5.41) is 3.22. The third-order valence-corrected chi connectivity index (χ3v) is 3.39. The quantitative estimate of drug-likeness (QED) is 0.855. The van der Waals surface area contributed by atoms with Gasteiger partial charge in [0, 0.05) is 11.6 Å². The van der Waals surface area contributed by atoms with Crippen molar-refractivity contribution in [1.29, 1.82) is 0 Å². The lowest BCUT2D eigenvalue weighted by Crippen LogP contribution is -2.24. The lowest BCUT2D eigenvalue weighted by atomic mass is 9.96. The minimum absolute atomic E-state index is 0.299. The Morgan fingerprint density at radius 2 is 1.76 bits per heavy atom. The normalized spacial score (nSPS) is 12.4. The molecule has 2 aromatic rings. The molecule has 0 spiro atoms. The Kier molecular flexibility index (Phi) is 5.02. The Balaban J connectivity index is 2.44. The molecular weight excluding hydrogens is 275 g/mol. The molecule has 0 amide bonds. The lowest BCUT2D eigenvalue weighted by molar-refractivity contribution is 0.531. The van der Waals surface area contributed by atoms with Crippen molar-refractivity contribution in [2.75, 3.05) is 6.54 Å². The summed E-state index contributed by atoms with van der Waals surface area (Å²) in [6, 6.07) is 7.78. The fourth-order valence-corrected chi connectivity index (χ4v) is 2.28. The highest BCUT2D eigenvalue weighted by Crippen LogP contribution is 2.26. The molecule has 0 aliphatic carbocycles. The largest absolute Gasteiger partial charge is 0.306 e. The van der Waals surface area contributed by atoms with E-state index in [4.69, 9.17) is 0 Å². The van der Waals surface area contributed by atoms with Crippen LogP contribution in [0, 0.1) is 24.4 Å². The zero-order valence-corrected chi connectivity index (χ0v) is 12.1.